The molecule has 0 saturated heterocycles. The molecule has 0 bridgehead atoms. The van der Waals surface area contributed by atoms with Gasteiger partial charge >= 0.3 is 0 Å². The van der Waals surface area contributed by atoms with Crippen LogP contribution in [0.4, 0.5) is 0 Å². The van der Waals surface area contributed by atoms with Gasteiger partial charge < -0.3 is 9.51 Å². The first-order valence-electron chi connectivity index (χ1n) is 10.1. The molecule has 3 aromatic rings. The summed E-state index contributed by atoms with van der Waals surface area (Å²) >= 11 is 6.03. The number of hydrogen-bond acceptors (Lipinski definition) is 2. The Morgan fingerprint density at radius 3 is 2.37 bits per heavy atom. The van der Waals surface area contributed by atoms with Gasteiger partial charge in [0, 0.05) is 16.8 Å². The van der Waals surface area contributed by atoms with Crippen molar-refractivity contribution < 1.29 is 5.11 Å². The molecule has 2 heterocycles. The number of aromatic nitrogens is 2. The molecule has 1 aromatic carbocycles. The van der Waals surface area contributed by atoms with Crippen LogP contribution in [0.1, 0.15) is 73.2 Å². The third kappa shape index (κ3) is 3.28. The minimum Gasteiger partial charge on any atom is -0.388 e. The fourth-order valence-electron chi connectivity index (χ4n) is 4.84. The highest BCUT2D eigenvalue weighted by Crippen LogP contribution is 2.47. The van der Waals surface area contributed by atoms with Gasteiger partial charge in [0.05, 0.1) is 24.1 Å². The van der Waals surface area contributed by atoms with E-state index in [2.05, 4.69) is 29.4 Å². The number of nitrogens with zero attached hydrogens (tertiary/aromatic N) is 2. The maximum Gasteiger partial charge on any atom is 0.0992 e. The second-order valence-corrected chi connectivity index (χ2v) is 8.69. The topological polar surface area (TPSA) is 37.5 Å². The number of fused-ring (bicyclic) bond motifs is 1. The molecule has 0 aliphatic heterocycles. The first kappa shape index (κ1) is 17.3. The summed E-state index contributed by atoms with van der Waals surface area (Å²) in [6.45, 7) is 0. The van der Waals surface area contributed by atoms with Crippen molar-refractivity contribution in [3.8, 4) is 0 Å². The molecule has 0 radical (unpaired) electrons. The van der Waals surface area contributed by atoms with Crippen molar-refractivity contribution >= 4 is 17.1 Å². The molecular weight excluding hydrogens is 356 g/mol. The van der Waals surface area contributed by atoms with Crippen molar-refractivity contribution in [1.29, 1.82) is 0 Å². The van der Waals surface area contributed by atoms with E-state index in [1.165, 1.54) is 24.0 Å². The lowest BCUT2D eigenvalue weighted by Crippen LogP contribution is -2.21. The maximum absolute atomic E-state index is 11.4. The summed E-state index contributed by atoms with van der Waals surface area (Å²) in [5.41, 5.74) is 4.93. The van der Waals surface area contributed by atoms with Crippen LogP contribution >= 0.6 is 11.6 Å². The fourth-order valence-corrected chi connectivity index (χ4v) is 4.97. The van der Waals surface area contributed by atoms with Gasteiger partial charge in [-0.1, -0.05) is 23.7 Å². The third-order valence-electron chi connectivity index (χ3n) is 6.54. The lowest BCUT2D eigenvalue weighted by Gasteiger charge is -2.33. The Labute approximate surface area is 165 Å². The molecule has 1 unspecified atom stereocenters. The van der Waals surface area contributed by atoms with Gasteiger partial charge in [-0.15, -0.1) is 0 Å². The van der Waals surface area contributed by atoms with Crippen molar-refractivity contribution in [2.75, 3.05) is 0 Å². The average molecular weight is 381 g/mol. The predicted octanol–water partition coefficient (Wildman–Crippen LogP) is 5.87. The van der Waals surface area contributed by atoms with Gasteiger partial charge in [-0.3, -0.25) is 0 Å². The quantitative estimate of drug-likeness (QED) is 0.614. The number of hydrogen-bond donors (Lipinski definition) is 1. The van der Waals surface area contributed by atoms with Crippen molar-refractivity contribution in [2.45, 2.75) is 56.5 Å². The van der Waals surface area contributed by atoms with E-state index in [0.29, 0.717) is 17.8 Å². The van der Waals surface area contributed by atoms with Gasteiger partial charge in [0.15, 0.2) is 0 Å². The van der Waals surface area contributed by atoms with Crippen molar-refractivity contribution in [1.82, 2.24) is 9.38 Å². The number of aliphatic hydroxyl groups is 1. The lowest BCUT2D eigenvalue weighted by molar-refractivity contribution is 0.0810. The molecular formula is C23H25ClN2O. The SMILES string of the molecule is OC(c1c(C2CC2)ccn2cncc12)C1CCC(c2ccc(Cl)cc2)CC1. The summed E-state index contributed by atoms with van der Waals surface area (Å²) in [7, 11) is 0. The van der Waals surface area contributed by atoms with Crippen LogP contribution in [0.15, 0.2) is 49.1 Å². The third-order valence-corrected chi connectivity index (χ3v) is 6.79. The molecule has 2 saturated carbocycles. The first-order valence-corrected chi connectivity index (χ1v) is 10.5. The van der Waals surface area contributed by atoms with Crippen molar-refractivity contribution in [2.24, 2.45) is 5.92 Å². The smallest absolute Gasteiger partial charge is 0.0992 e. The molecule has 5 rings (SSSR count). The van der Waals surface area contributed by atoms with E-state index in [0.717, 1.165) is 41.8 Å². The standard InChI is InChI=1S/C23H25ClN2O/c24-19-9-7-16(8-10-19)15-1-5-18(6-2-15)23(27)22-20(17-3-4-17)11-12-26-14-25-13-21(22)26/h7-15,17-18,23,27H,1-6H2. The van der Waals surface area contributed by atoms with E-state index in [4.69, 9.17) is 11.6 Å². The lowest BCUT2D eigenvalue weighted by atomic mass is 9.75. The van der Waals surface area contributed by atoms with Crippen LogP contribution in [0.5, 0.6) is 0 Å². The molecule has 27 heavy (non-hydrogen) atoms. The Morgan fingerprint density at radius 2 is 1.67 bits per heavy atom. The van der Waals surface area contributed by atoms with Gasteiger partial charge in [-0.05, 0) is 85.6 Å². The average Bonchev–Trinajstić information content (AvgIpc) is 3.44. The molecule has 3 nitrogen and oxygen atoms in total. The molecule has 2 aliphatic carbocycles. The van der Waals surface area contributed by atoms with Crippen LogP contribution in [-0.4, -0.2) is 14.5 Å². The second-order valence-electron chi connectivity index (χ2n) is 8.25. The minimum absolute atomic E-state index is 0.326. The number of benzene rings is 1. The van der Waals surface area contributed by atoms with E-state index in [-0.39, 0.29) is 0 Å². The molecule has 4 heteroatoms. The maximum atomic E-state index is 11.4. The summed E-state index contributed by atoms with van der Waals surface area (Å²) in [5, 5.41) is 12.1. The zero-order chi connectivity index (χ0) is 18.4. The van der Waals surface area contributed by atoms with Gasteiger partial charge in [-0.2, -0.15) is 0 Å². The summed E-state index contributed by atoms with van der Waals surface area (Å²) < 4.78 is 2.05. The van der Waals surface area contributed by atoms with E-state index in [1.54, 1.807) is 0 Å². The Hall–Kier alpha value is -1.84. The van der Waals surface area contributed by atoms with Crippen LogP contribution in [0.2, 0.25) is 5.02 Å². The summed E-state index contributed by atoms with van der Waals surface area (Å²) in [4.78, 5) is 4.31. The first-order chi connectivity index (χ1) is 13.2. The molecule has 2 aromatic heterocycles. The largest absolute Gasteiger partial charge is 0.388 e. The zero-order valence-corrected chi connectivity index (χ0v) is 16.1. The zero-order valence-electron chi connectivity index (χ0n) is 15.4. The number of pyridine rings is 1. The number of rotatable bonds is 4. The summed E-state index contributed by atoms with van der Waals surface area (Å²) in [6.07, 6.45) is 12.3. The number of imidazole rings is 1. The molecule has 0 spiro atoms. The molecule has 140 valence electrons. The van der Waals surface area contributed by atoms with Crippen LogP contribution in [-0.2, 0) is 0 Å². The summed E-state index contributed by atoms with van der Waals surface area (Å²) in [6, 6.07) is 10.5. The second kappa shape index (κ2) is 6.96. The van der Waals surface area contributed by atoms with Gasteiger partial charge in [-0.25, -0.2) is 4.98 Å². The van der Waals surface area contributed by atoms with E-state index in [1.807, 2.05) is 29.1 Å². The number of aliphatic hydroxyl groups excluding tert-OH is 1. The highest BCUT2D eigenvalue weighted by atomic mass is 35.5. The highest BCUT2D eigenvalue weighted by Gasteiger charge is 2.34. The predicted molar refractivity (Wildman–Crippen MR) is 108 cm³/mol. The molecule has 1 atom stereocenters. The van der Waals surface area contributed by atoms with Gasteiger partial charge in [0.1, 0.15) is 0 Å². The van der Waals surface area contributed by atoms with Gasteiger partial charge in [0.2, 0.25) is 0 Å². The normalized spacial score (nSPS) is 24.2. The van der Waals surface area contributed by atoms with Crippen LogP contribution < -0.4 is 0 Å². The van der Waals surface area contributed by atoms with E-state index >= 15 is 0 Å². The van der Waals surface area contributed by atoms with Crippen molar-refractivity contribution in [3.63, 3.8) is 0 Å². The molecule has 2 fully saturated rings. The highest BCUT2D eigenvalue weighted by molar-refractivity contribution is 6.30. The fraction of sp³-hybridized carbons (Fsp3) is 0.435. The Balaban J connectivity index is 1.37. The van der Waals surface area contributed by atoms with Gasteiger partial charge in [0.25, 0.3) is 0 Å². The molecule has 2 aliphatic rings. The van der Waals surface area contributed by atoms with Crippen LogP contribution in [0.3, 0.4) is 0 Å². The monoisotopic (exact) mass is 380 g/mol. The van der Waals surface area contributed by atoms with Crippen molar-refractivity contribution in [3.05, 3.63) is 70.8 Å². The Bertz CT molecular complexity index is 937. The minimum atomic E-state index is -0.396. The molecule has 0 amide bonds. The van der Waals surface area contributed by atoms with E-state index in [9.17, 15) is 5.11 Å². The number of halogens is 1. The Morgan fingerprint density at radius 1 is 0.963 bits per heavy atom. The summed E-state index contributed by atoms with van der Waals surface area (Å²) in [5.74, 6) is 1.53. The Kier molecular flexibility index (Phi) is 4.45. The van der Waals surface area contributed by atoms with Crippen LogP contribution in [0.25, 0.3) is 5.52 Å². The molecule has 1 N–H and O–H groups in total. The van der Waals surface area contributed by atoms with Crippen LogP contribution in [0, 0.1) is 5.92 Å². The van der Waals surface area contributed by atoms with E-state index < -0.39 is 6.10 Å².